The topological polar surface area (TPSA) is 47.6 Å². The highest BCUT2D eigenvalue weighted by Crippen LogP contribution is 2.19. The Bertz CT molecular complexity index is 650. The number of amides is 1. The van der Waals surface area contributed by atoms with Crippen molar-refractivity contribution in [2.75, 3.05) is 18.5 Å². The fourth-order valence-corrected chi connectivity index (χ4v) is 2.13. The molecule has 0 spiro atoms. The highest BCUT2D eigenvalue weighted by molar-refractivity contribution is 5.88. The van der Waals surface area contributed by atoms with E-state index in [2.05, 4.69) is 30.4 Å². The van der Waals surface area contributed by atoms with E-state index in [0.717, 1.165) is 29.2 Å². The van der Waals surface area contributed by atoms with Crippen molar-refractivity contribution in [1.29, 1.82) is 0 Å². The van der Waals surface area contributed by atoms with E-state index in [4.69, 9.17) is 9.47 Å². The van der Waals surface area contributed by atoms with Gasteiger partial charge in [-0.1, -0.05) is 12.1 Å². The summed E-state index contributed by atoms with van der Waals surface area (Å²) in [6, 6.07) is 13.5. The van der Waals surface area contributed by atoms with Gasteiger partial charge in [-0.25, -0.2) is 0 Å². The molecule has 0 heterocycles. The monoisotopic (exact) mass is 313 g/mol. The van der Waals surface area contributed by atoms with Crippen molar-refractivity contribution in [2.24, 2.45) is 0 Å². The molecule has 2 aromatic carbocycles. The zero-order chi connectivity index (χ0) is 16.7. The second-order valence-electron chi connectivity index (χ2n) is 5.52. The molecule has 0 atom stereocenters. The summed E-state index contributed by atoms with van der Waals surface area (Å²) in [5.41, 5.74) is 3.11. The molecule has 0 aromatic heterocycles. The van der Waals surface area contributed by atoms with Gasteiger partial charge < -0.3 is 14.8 Å². The van der Waals surface area contributed by atoms with Crippen molar-refractivity contribution in [3.8, 4) is 11.5 Å². The number of rotatable bonds is 7. The molecular formula is C19H23NO3. The second kappa shape index (κ2) is 8.22. The average Bonchev–Trinajstić information content (AvgIpc) is 2.51. The summed E-state index contributed by atoms with van der Waals surface area (Å²) in [6.07, 6.45) is 0.806. The van der Waals surface area contributed by atoms with Crippen LogP contribution in [-0.4, -0.2) is 19.1 Å². The van der Waals surface area contributed by atoms with Crippen molar-refractivity contribution < 1.29 is 14.3 Å². The third kappa shape index (κ3) is 5.66. The Morgan fingerprint density at radius 1 is 1.00 bits per heavy atom. The summed E-state index contributed by atoms with van der Waals surface area (Å²) < 4.78 is 11.5. The van der Waals surface area contributed by atoms with Crippen molar-refractivity contribution in [2.45, 2.75) is 27.2 Å². The van der Waals surface area contributed by atoms with Crippen LogP contribution < -0.4 is 14.8 Å². The van der Waals surface area contributed by atoms with E-state index < -0.39 is 0 Å². The highest BCUT2D eigenvalue weighted by atomic mass is 16.5. The van der Waals surface area contributed by atoms with E-state index >= 15 is 0 Å². The third-order valence-corrected chi connectivity index (χ3v) is 3.33. The molecule has 0 aliphatic heterocycles. The average molecular weight is 313 g/mol. The van der Waals surface area contributed by atoms with Crippen molar-refractivity contribution in [3.63, 3.8) is 0 Å². The van der Waals surface area contributed by atoms with Gasteiger partial charge in [0.15, 0.2) is 0 Å². The predicted molar refractivity (Wildman–Crippen MR) is 92.3 cm³/mol. The van der Waals surface area contributed by atoms with Gasteiger partial charge >= 0.3 is 0 Å². The van der Waals surface area contributed by atoms with Crippen LogP contribution in [0.15, 0.2) is 42.5 Å². The van der Waals surface area contributed by atoms with E-state index in [0.29, 0.717) is 13.2 Å². The SMILES string of the molecule is CC(=O)Nc1ccc(OCCCOc2cc(C)ccc2C)cc1. The maximum Gasteiger partial charge on any atom is 0.221 e. The molecule has 4 heteroatoms. The summed E-state index contributed by atoms with van der Waals surface area (Å²) in [5.74, 6) is 1.64. The minimum atomic E-state index is -0.0812. The number of aryl methyl sites for hydroxylation is 2. The summed E-state index contributed by atoms with van der Waals surface area (Å²) in [4.78, 5) is 10.9. The molecule has 0 unspecified atom stereocenters. The zero-order valence-electron chi connectivity index (χ0n) is 13.9. The number of carbonyl (C=O) groups is 1. The summed E-state index contributed by atoms with van der Waals surface area (Å²) in [6.45, 7) is 6.79. The molecule has 0 aliphatic rings. The van der Waals surface area contributed by atoms with E-state index in [-0.39, 0.29) is 5.91 Å². The molecule has 1 amide bonds. The number of hydrogen-bond donors (Lipinski definition) is 1. The number of carbonyl (C=O) groups excluding carboxylic acids is 1. The van der Waals surface area contributed by atoms with Crippen LogP contribution in [0.1, 0.15) is 24.5 Å². The highest BCUT2D eigenvalue weighted by Gasteiger charge is 2.01. The standard InChI is InChI=1S/C19H23NO3/c1-14-5-6-15(2)19(13-14)23-12-4-11-22-18-9-7-17(8-10-18)20-16(3)21/h5-10,13H,4,11-12H2,1-3H3,(H,20,21). The first-order valence-corrected chi connectivity index (χ1v) is 7.75. The van der Waals surface area contributed by atoms with Crippen LogP contribution in [0.4, 0.5) is 5.69 Å². The van der Waals surface area contributed by atoms with Crippen LogP contribution in [-0.2, 0) is 4.79 Å². The normalized spacial score (nSPS) is 10.2. The first kappa shape index (κ1) is 16.9. The number of ether oxygens (including phenoxy) is 2. The summed E-state index contributed by atoms with van der Waals surface area (Å²) >= 11 is 0. The van der Waals surface area contributed by atoms with Gasteiger partial charge in [-0.2, -0.15) is 0 Å². The van der Waals surface area contributed by atoms with Crippen LogP contribution in [0.5, 0.6) is 11.5 Å². The van der Waals surface area contributed by atoms with E-state index in [9.17, 15) is 4.79 Å². The Labute approximate surface area is 137 Å². The van der Waals surface area contributed by atoms with Gasteiger partial charge in [0.2, 0.25) is 5.91 Å². The van der Waals surface area contributed by atoms with Gasteiger partial charge in [-0.05, 0) is 55.3 Å². The number of nitrogens with one attached hydrogen (secondary N) is 1. The Morgan fingerprint density at radius 2 is 1.70 bits per heavy atom. The lowest BCUT2D eigenvalue weighted by atomic mass is 10.1. The van der Waals surface area contributed by atoms with Gasteiger partial charge in [-0.3, -0.25) is 4.79 Å². The van der Waals surface area contributed by atoms with E-state index in [1.807, 2.05) is 31.2 Å². The zero-order valence-corrected chi connectivity index (χ0v) is 13.9. The fourth-order valence-electron chi connectivity index (χ4n) is 2.13. The van der Waals surface area contributed by atoms with Crippen LogP contribution >= 0.6 is 0 Å². The molecule has 2 rings (SSSR count). The quantitative estimate of drug-likeness (QED) is 0.783. The molecule has 0 saturated carbocycles. The lowest BCUT2D eigenvalue weighted by Gasteiger charge is -2.11. The first-order chi connectivity index (χ1) is 11.0. The third-order valence-electron chi connectivity index (χ3n) is 3.33. The van der Waals surface area contributed by atoms with Gasteiger partial charge in [0, 0.05) is 19.0 Å². The molecule has 0 saturated heterocycles. The number of anilines is 1. The smallest absolute Gasteiger partial charge is 0.221 e. The van der Waals surface area contributed by atoms with Gasteiger partial charge in [0.05, 0.1) is 13.2 Å². The van der Waals surface area contributed by atoms with Crippen LogP contribution in [0, 0.1) is 13.8 Å². The molecule has 0 radical (unpaired) electrons. The minimum absolute atomic E-state index is 0.0812. The van der Waals surface area contributed by atoms with Gasteiger partial charge in [0.25, 0.3) is 0 Å². The van der Waals surface area contributed by atoms with Crippen molar-refractivity contribution >= 4 is 11.6 Å². The molecule has 2 aromatic rings. The van der Waals surface area contributed by atoms with Crippen LogP contribution in [0.3, 0.4) is 0 Å². The van der Waals surface area contributed by atoms with Crippen LogP contribution in [0.25, 0.3) is 0 Å². The Kier molecular flexibility index (Phi) is 6.03. The lowest BCUT2D eigenvalue weighted by Crippen LogP contribution is -2.07. The van der Waals surface area contributed by atoms with Gasteiger partial charge in [0.1, 0.15) is 11.5 Å². The van der Waals surface area contributed by atoms with Crippen molar-refractivity contribution in [1.82, 2.24) is 0 Å². The molecule has 122 valence electrons. The molecule has 1 N–H and O–H groups in total. The Balaban J connectivity index is 1.71. The van der Waals surface area contributed by atoms with E-state index in [1.165, 1.54) is 12.5 Å². The molecule has 0 fully saturated rings. The maximum absolute atomic E-state index is 10.9. The minimum Gasteiger partial charge on any atom is -0.493 e. The second-order valence-corrected chi connectivity index (χ2v) is 5.52. The first-order valence-electron chi connectivity index (χ1n) is 7.75. The summed E-state index contributed by atoms with van der Waals surface area (Å²) in [7, 11) is 0. The molecule has 0 bridgehead atoms. The Morgan fingerprint density at radius 3 is 2.39 bits per heavy atom. The van der Waals surface area contributed by atoms with E-state index in [1.54, 1.807) is 0 Å². The molecule has 4 nitrogen and oxygen atoms in total. The molecular weight excluding hydrogens is 290 g/mol. The van der Waals surface area contributed by atoms with Gasteiger partial charge in [-0.15, -0.1) is 0 Å². The number of hydrogen-bond acceptors (Lipinski definition) is 3. The molecule has 23 heavy (non-hydrogen) atoms. The number of benzene rings is 2. The van der Waals surface area contributed by atoms with Crippen molar-refractivity contribution in [3.05, 3.63) is 53.6 Å². The summed E-state index contributed by atoms with van der Waals surface area (Å²) in [5, 5.41) is 2.72. The maximum atomic E-state index is 10.9. The predicted octanol–water partition coefficient (Wildman–Crippen LogP) is 4.11. The largest absolute Gasteiger partial charge is 0.493 e. The molecule has 0 aliphatic carbocycles. The van der Waals surface area contributed by atoms with Crippen LogP contribution in [0.2, 0.25) is 0 Å². The fraction of sp³-hybridized carbons (Fsp3) is 0.316. The lowest BCUT2D eigenvalue weighted by molar-refractivity contribution is -0.114. The Hall–Kier alpha value is -2.49.